The molecule has 0 aliphatic rings. The second-order valence-electron chi connectivity index (χ2n) is 34.2. The first-order valence-corrected chi connectivity index (χ1v) is 49.2. The van der Waals surface area contributed by atoms with E-state index in [0.29, 0.717) is 0 Å². The van der Waals surface area contributed by atoms with E-state index in [-0.39, 0.29) is 50.6 Å². The third kappa shape index (κ3) is 104. The van der Waals surface area contributed by atoms with Crippen LogP contribution in [0.2, 0.25) is 0 Å². The zero-order chi connectivity index (χ0) is 75.4. The van der Waals surface area contributed by atoms with E-state index < -0.39 is 11.9 Å². The minimum Gasteiger partial charge on any atom is -0.550 e. The number of carbonyl (C=O) groups excluding carboxylic acids is 2. The van der Waals surface area contributed by atoms with E-state index in [1.54, 1.807) is 0 Å². The maximum atomic E-state index is 10.9. The van der Waals surface area contributed by atoms with Gasteiger partial charge in [-0.3, -0.25) is 0 Å². The van der Waals surface area contributed by atoms with Gasteiger partial charge in [-0.2, -0.15) is 0 Å². The van der Waals surface area contributed by atoms with Crippen LogP contribution < -0.4 is 10.2 Å². The van der Waals surface area contributed by atoms with Crippen LogP contribution in [0.4, 0.5) is 0 Å². The molecule has 0 saturated heterocycles. The van der Waals surface area contributed by atoms with Crippen molar-refractivity contribution >= 4 is 49.7 Å². The van der Waals surface area contributed by atoms with Crippen molar-refractivity contribution in [2.45, 2.75) is 580 Å². The van der Waals surface area contributed by atoms with Gasteiger partial charge < -0.3 is 29.6 Å². The van der Waals surface area contributed by atoms with Crippen LogP contribution in [0.25, 0.3) is 0 Å². The summed E-state index contributed by atoms with van der Waals surface area (Å²) in [6.45, 7) is 16.1. The molecule has 0 aromatic rings. The Labute approximate surface area is 693 Å². The fourth-order valence-corrected chi connectivity index (χ4v) is 16.2. The molecule has 0 aliphatic carbocycles. The molecule has 0 aliphatic heterocycles. The number of carboxylic acids is 2. The van der Waals surface area contributed by atoms with Crippen molar-refractivity contribution in [2.75, 3.05) is 39.3 Å². The molecule has 0 aromatic heterocycles. The second-order valence-corrected chi connectivity index (χ2v) is 34.2. The van der Waals surface area contributed by atoms with Gasteiger partial charge in [-0.05, 0) is 103 Å². The molecule has 0 bridgehead atoms. The zero-order valence-corrected chi connectivity index (χ0v) is 75.5. The molecule has 6 nitrogen and oxygen atoms in total. The monoisotopic (exact) mass is 1510 g/mol. The van der Waals surface area contributed by atoms with E-state index in [1.165, 1.54) is 540 Å². The number of aliphatic carboxylic acids is 2. The Morgan fingerprint density at radius 1 is 0.152 bits per heavy atom. The number of nitrogens with zero attached hydrogens (tertiary/aromatic N) is 2. The SMILES string of the molecule is CCCCCCCCCCCCCCCCCCCCCCN(CCCCCCCCCCCCCCCCCCCCCC)CCCCC(=O)[O-].CCCCCCCCCCCCCCCCCCCCCCN(CCCCCCCCCCCCCCCCCCCCCC)CCCCC(=O)[O-].[Ca+2]. The van der Waals surface area contributed by atoms with E-state index in [4.69, 9.17) is 0 Å². The fourth-order valence-electron chi connectivity index (χ4n) is 16.2. The first-order chi connectivity index (χ1) is 51.4. The Kier molecular flexibility index (Phi) is 106. The van der Waals surface area contributed by atoms with Crippen molar-refractivity contribution < 1.29 is 19.8 Å². The van der Waals surface area contributed by atoms with Crippen LogP contribution in [0.3, 0.4) is 0 Å². The molecule has 0 rings (SSSR count). The molecule has 0 amide bonds. The average molecular weight is 1510 g/mol. The number of carbonyl (C=O) groups is 2. The van der Waals surface area contributed by atoms with Crippen molar-refractivity contribution in [1.82, 2.24) is 9.80 Å². The molecule has 7 heteroatoms. The van der Waals surface area contributed by atoms with Crippen molar-refractivity contribution in [3.8, 4) is 0 Å². The van der Waals surface area contributed by atoms with Gasteiger partial charge in [-0.15, -0.1) is 0 Å². The Balaban J connectivity index is -0.00000196. The second kappa shape index (κ2) is 102. The van der Waals surface area contributed by atoms with E-state index in [1.807, 2.05) is 0 Å². The summed E-state index contributed by atoms with van der Waals surface area (Å²) in [5.74, 6) is -1.79. The van der Waals surface area contributed by atoms with Gasteiger partial charge in [-0.25, -0.2) is 0 Å². The fraction of sp³-hybridized carbons (Fsp3) is 0.980. The van der Waals surface area contributed by atoms with Crippen LogP contribution in [0.1, 0.15) is 580 Å². The molecule has 105 heavy (non-hydrogen) atoms. The number of hydrogen-bond acceptors (Lipinski definition) is 6. The number of unbranched alkanes of at least 4 members (excludes halogenated alkanes) is 78. The van der Waals surface area contributed by atoms with Crippen LogP contribution in [0.15, 0.2) is 0 Å². The van der Waals surface area contributed by atoms with E-state index >= 15 is 0 Å². The average Bonchev–Trinajstić information content (AvgIpc) is 1.27. The standard InChI is InChI=1S/2C49H99NO2.Ca/c2*1-3-5-7-9-11-13-15-17-19-21-23-25-27-29-31-33-35-37-39-42-46-50(48-44-41-45-49(51)52)47-43-40-38-36-34-32-30-28-26-24-22-20-18-16-14-12-10-8-6-4-2;/h2*3-48H2,1-2H3,(H,51,52);/q;;+2/p-2. The summed E-state index contributed by atoms with van der Waals surface area (Å²) >= 11 is 0. The maximum Gasteiger partial charge on any atom is 2.00 e. The van der Waals surface area contributed by atoms with Crippen LogP contribution in [0.5, 0.6) is 0 Å². The Morgan fingerprint density at radius 3 is 0.333 bits per heavy atom. The molecule has 0 radical (unpaired) electrons. The molecule has 624 valence electrons. The summed E-state index contributed by atoms with van der Waals surface area (Å²) in [5.41, 5.74) is 0. The summed E-state index contributed by atoms with van der Waals surface area (Å²) in [4.78, 5) is 27.0. The Hall–Kier alpha value is 0.120. The predicted molar refractivity (Wildman–Crippen MR) is 468 cm³/mol. The molecular formula is C98H196CaN2O4. The largest absolute Gasteiger partial charge is 2.00 e. The molecule has 0 spiro atoms. The molecule has 0 saturated carbocycles. The van der Waals surface area contributed by atoms with E-state index in [0.717, 1.165) is 38.8 Å². The molecule has 0 fully saturated rings. The Bertz CT molecular complexity index is 1330. The van der Waals surface area contributed by atoms with Gasteiger partial charge in [0.25, 0.3) is 0 Å². The van der Waals surface area contributed by atoms with E-state index in [9.17, 15) is 19.8 Å². The van der Waals surface area contributed by atoms with Gasteiger partial charge in [-0.1, -0.05) is 516 Å². The summed E-state index contributed by atoms with van der Waals surface area (Å²) in [7, 11) is 0. The summed E-state index contributed by atoms with van der Waals surface area (Å²) in [5, 5.41) is 21.7. The first-order valence-electron chi connectivity index (χ1n) is 49.2. The zero-order valence-electron chi connectivity index (χ0n) is 73.3. The van der Waals surface area contributed by atoms with Gasteiger partial charge in [0, 0.05) is 11.9 Å². The summed E-state index contributed by atoms with van der Waals surface area (Å²) in [6.07, 6.45) is 118. The molecule has 0 atom stereocenters. The van der Waals surface area contributed by atoms with Crippen molar-refractivity contribution in [3.63, 3.8) is 0 Å². The van der Waals surface area contributed by atoms with Crippen LogP contribution in [-0.4, -0.2) is 98.7 Å². The summed E-state index contributed by atoms with van der Waals surface area (Å²) in [6, 6.07) is 0. The smallest absolute Gasteiger partial charge is 0.550 e. The number of rotatable bonds is 94. The van der Waals surface area contributed by atoms with Gasteiger partial charge in [0.05, 0.1) is 0 Å². The molecule has 0 heterocycles. The van der Waals surface area contributed by atoms with Gasteiger partial charge >= 0.3 is 37.7 Å². The molecule has 0 aromatic carbocycles. The van der Waals surface area contributed by atoms with Crippen LogP contribution >= 0.6 is 0 Å². The minimum atomic E-state index is -0.894. The topological polar surface area (TPSA) is 86.7 Å². The Morgan fingerprint density at radius 2 is 0.238 bits per heavy atom. The van der Waals surface area contributed by atoms with Crippen molar-refractivity contribution in [2.24, 2.45) is 0 Å². The normalized spacial score (nSPS) is 11.6. The van der Waals surface area contributed by atoms with E-state index in [2.05, 4.69) is 37.5 Å². The molecule has 0 unspecified atom stereocenters. The summed E-state index contributed by atoms with van der Waals surface area (Å²) < 4.78 is 0. The van der Waals surface area contributed by atoms with Crippen LogP contribution in [0, 0.1) is 0 Å². The first kappa shape index (κ1) is 109. The van der Waals surface area contributed by atoms with Gasteiger partial charge in [0.1, 0.15) is 0 Å². The molecular weight excluding hydrogens is 1310 g/mol. The third-order valence-corrected chi connectivity index (χ3v) is 23.5. The maximum absolute atomic E-state index is 10.9. The van der Waals surface area contributed by atoms with Gasteiger partial charge in [0.2, 0.25) is 0 Å². The van der Waals surface area contributed by atoms with Gasteiger partial charge in [0.15, 0.2) is 0 Å². The number of carboxylic acid groups (broad SMARTS) is 2. The third-order valence-electron chi connectivity index (χ3n) is 23.5. The predicted octanol–water partition coefficient (Wildman–Crippen LogP) is 31.3. The van der Waals surface area contributed by atoms with Crippen LogP contribution in [-0.2, 0) is 9.59 Å². The quantitative estimate of drug-likeness (QED) is 0.0445. The van der Waals surface area contributed by atoms with Crippen molar-refractivity contribution in [1.29, 1.82) is 0 Å². The van der Waals surface area contributed by atoms with Crippen molar-refractivity contribution in [3.05, 3.63) is 0 Å². The number of hydrogen-bond donors (Lipinski definition) is 0. The minimum absolute atomic E-state index is 0. The molecule has 0 N–H and O–H groups in total.